The predicted molar refractivity (Wildman–Crippen MR) is 44.3 cm³/mol. The van der Waals surface area contributed by atoms with Crippen LogP contribution in [0.1, 0.15) is 25.7 Å². The van der Waals surface area contributed by atoms with Gasteiger partial charge in [-0.15, -0.1) is 0 Å². The first-order chi connectivity index (χ1) is 5.62. The highest BCUT2D eigenvalue weighted by Gasteiger charge is 2.25. The number of rotatable bonds is 4. The Morgan fingerprint density at radius 3 is 2.50 bits per heavy atom. The molecule has 0 aromatic rings. The highest BCUT2D eigenvalue weighted by molar-refractivity contribution is 5.64. The molecular formula is C9H17NO2. The molecule has 1 rings (SSSR count). The molecule has 3 nitrogen and oxygen atoms in total. The van der Waals surface area contributed by atoms with Crippen molar-refractivity contribution in [2.75, 3.05) is 26.7 Å². The van der Waals surface area contributed by atoms with Crippen LogP contribution in [-0.4, -0.2) is 37.1 Å². The Hall–Kier alpha value is -0.570. The van der Waals surface area contributed by atoms with Crippen molar-refractivity contribution in [3.8, 4) is 0 Å². The summed E-state index contributed by atoms with van der Waals surface area (Å²) >= 11 is 0. The van der Waals surface area contributed by atoms with Crippen LogP contribution >= 0.6 is 0 Å². The molecule has 3 heteroatoms. The number of carbonyl (C=O) groups is 1. The van der Waals surface area contributed by atoms with E-state index in [1.165, 1.54) is 25.9 Å². The van der Waals surface area contributed by atoms with Gasteiger partial charge in [-0.1, -0.05) is 0 Å². The second-order valence-corrected chi connectivity index (χ2v) is 3.97. The summed E-state index contributed by atoms with van der Waals surface area (Å²) in [6, 6.07) is 0. The van der Waals surface area contributed by atoms with Gasteiger partial charge >= 0.3 is 0 Å². The standard InChI is InChI=1S/C9H17NO2/c1-10(6-2-3-7-10)8-4-5-9(11)12/h2-8H2,1H3. The number of nitrogens with zero attached hydrogens (tertiary/aromatic N) is 1. The molecule has 1 fully saturated rings. The summed E-state index contributed by atoms with van der Waals surface area (Å²) in [5, 5.41) is 10.2. The van der Waals surface area contributed by atoms with Gasteiger partial charge in [-0.3, -0.25) is 0 Å². The quantitative estimate of drug-likeness (QED) is 0.548. The average Bonchev–Trinajstić information content (AvgIpc) is 2.35. The summed E-state index contributed by atoms with van der Waals surface area (Å²) in [5.41, 5.74) is 0. The second-order valence-electron chi connectivity index (χ2n) is 3.97. The third kappa shape index (κ3) is 2.81. The molecule has 0 N–H and O–H groups in total. The topological polar surface area (TPSA) is 40.1 Å². The number of hydrogen-bond acceptors (Lipinski definition) is 2. The lowest BCUT2D eigenvalue weighted by Gasteiger charge is -2.29. The number of hydrogen-bond donors (Lipinski definition) is 0. The maximum Gasteiger partial charge on any atom is 0.0788 e. The molecule has 0 aliphatic carbocycles. The lowest BCUT2D eigenvalue weighted by Crippen LogP contribution is -2.42. The van der Waals surface area contributed by atoms with Crippen LogP contribution in [0, 0.1) is 0 Å². The molecule has 0 saturated carbocycles. The summed E-state index contributed by atoms with van der Waals surface area (Å²) in [6.07, 6.45) is 3.57. The van der Waals surface area contributed by atoms with Gasteiger partial charge in [0.05, 0.1) is 26.7 Å². The van der Waals surface area contributed by atoms with Crippen molar-refractivity contribution in [3.63, 3.8) is 0 Å². The molecular weight excluding hydrogens is 154 g/mol. The fourth-order valence-electron chi connectivity index (χ4n) is 1.93. The van der Waals surface area contributed by atoms with Crippen molar-refractivity contribution >= 4 is 5.97 Å². The van der Waals surface area contributed by atoms with Gasteiger partial charge in [0.2, 0.25) is 0 Å². The maximum absolute atomic E-state index is 10.2. The summed E-state index contributed by atoms with van der Waals surface area (Å²) in [7, 11) is 2.21. The molecule has 0 amide bonds. The first-order valence-corrected chi connectivity index (χ1v) is 4.66. The lowest BCUT2D eigenvalue weighted by atomic mass is 10.3. The molecule has 70 valence electrons. The normalized spacial score (nSPS) is 21.1. The van der Waals surface area contributed by atoms with Crippen molar-refractivity contribution in [1.29, 1.82) is 0 Å². The Balaban J connectivity index is 2.17. The average molecular weight is 171 g/mol. The van der Waals surface area contributed by atoms with E-state index in [0.29, 0.717) is 0 Å². The minimum absolute atomic E-state index is 0.216. The fraction of sp³-hybridized carbons (Fsp3) is 0.889. The number of quaternary nitrogens is 1. The molecule has 0 atom stereocenters. The number of carboxylic acids is 1. The Bertz CT molecular complexity index is 162. The predicted octanol–water partition coefficient (Wildman–Crippen LogP) is -0.243. The van der Waals surface area contributed by atoms with Gasteiger partial charge in [0.25, 0.3) is 0 Å². The highest BCUT2D eigenvalue weighted by Crippen LogP contribution is 2.16. The van der Waals surface area contributed by atoms with Crippen molar-refractivity contribution in [3.05, 3.63) is 0 Å². The summed E-state index contributed by atoms with van der Waals surface area (Å²) in [6.45, 7) is 3.42. The number of aliphatic carboxylic acids is 1. The number of carboxylic acid groups (broad SMARTS) is 1. The van der Waals surface area contributed by atoms with Crippen molar-refractivity contribution in [2.45, 2.75) is 25.7 Å². The first kappa shape index (κ1) is 9.52. The maximum atomic E-state index is 10.2. The van der Waals surface area contributed by atoms with Gasteiger partial charge in [-0.2, -0.15) is 0 Å². The van der Waals surface area contributed by atoms with Crippen LogP contribution in [0.4, 0.5) is 0 Å². The zero-order valence-electron chi connectivity index (χ0n) is 7.71. The van der Waals surface area contributed by atoms with Gasteiger partial charge in [0, 0.05) is 25.2 Å². The molecule has 1 aliphatic rings. The van der Waals surface area contributed by atoms with Crippen LogP contribution in [0.5, 0.6) is 0 Å². The van der Waals surface area contributed by atoms with Crippen LogP contribution in [0.2, 0.25) is 0 Å². The Morgan fingerprint density at radius 1 is 1.42 bits per heavy atom. The summed E-state index contributed by atoms with van der Waals surface area (Å²) < 4.78 is 1.06. The van der Waals surface area contributed by atoms with Crippen LogP contribution in [0.3, 0.4) is 0 Å². The minimum atomic E-state index is -0.916. The largest absolute Gasteiger partial charge is 0.550 e. The van der Waals surface area contributed by atoms with Gasteiger partial charge < -0.3 is 14.4 Å². The first-order valence-electron chi connectivity index (χ1n) is 4.66. The minimum Gasteiger partial charge on any atom is -0.550 e. The van der Waals surface area contributed by atoms with Crippen molar-refractivity contribution < 1.29 is 14.4 Å². The van der Waals surface area contributed by atoms with E-state index in [0.717, 1.165) is 17.4 Å². The monoisotopic (exact) mass is 171 g/mol. The van der Waals surface area contributed by atoms with E-state index in [1.54, 1.807) is 0 Å². The Labute approximate surface area is 73.6 Å². The van der Waals surface area contributed by atoms with Gasteiger partial charge in [0.1, 0.15) is 0 Å². The molecule has 1 heterocycles. The van der Waals surface area contributed by atoms with E-state index in [2.05, 4.69) is 7.05 Å². The van der Waals surface area contributed by atoms with Gasteiger partial charge in [0.15, 0.2) is 0 Å². The zero-order chi connectivity index (χ0) is 9.03. The van der Waals surface area contributed by atoms with Crippen molar-refractivity contribution in [1.82, 2.24) is 0 Å². The second kappa shape index (κ2) is 3.90. The molecule has 0 aromatic carbocycles. The number of likely N-dealkylation sites (tertiary alicyclic amines) is 1. The van der Waals surface area contributed by atoms with Crippen molar-refractivity contribution in [2.24, 2.45) is 0 Å². The Morgan fingerprint density at radius 2 is 2.00 bits per heavy atom. The zero-order valence-corrected chi connectivity index (χ0v) is 7.71. The van der Waals surface area contributed by atoms with Crippen LogP contribution in [0.15, 0.2) is 0 Å². The molecule has 0 spiro atoms. The molecule has 0 unspecified atom stereocenters. The van der Waals surface area contributed by atoms with E-state index in [1.807, 2.05) is 0 Å². The fourth-order valence-corrected chi connectivity index (χ4v) is 1.93. The molecule has 0 radical (unpaired) electrons. The lowest BCUT2D eigenvalue weighted by molar-refractivity contribution is -0.897. The summed E-state index contributed by atoms with van der Waals surface area (Å²) in [4.78, 5) is 10.2. The summed E-state index contributed by atoms with van der Waals surface area (Å²) in [5.74, 6) is -0.916. The molecule has 1 aliphatic heterocycles. The molecule has 0 bridgehead atoms. The van der Waals surface area contributed by atoms with E-state index >= 15 is 0 Å². The van der Waals surface area contributed by atoms with Crippen LogP contribution in [0.25, 0.3) is 0 Å². The van der Waals surface area contributed by atoms with E-state index in [4.69, 9.17) is 0 Å². The molecule has 1 saturated heterocycles. The van der Waals surface area contributed by atoms with E-state index in [-0.39, 0.29) is 6.42 Å². The Kier molecular flexibility index (Phi) is 3.09. The van der Waals surface area contributed by atoms with Crippen LogP contribution in [-0.2, 0) is 4.79 Å². The van der Waals surface area contributed by atoms with Crippen LogP contribution < -0.4 is 5.11 Å². The molecule has 0 aromatic heterocycles. The van der Waals surface area contributed by atoms with Gasteiger partial charge in [-0.05, 0) is 6.42 Å². The van der Waals surface area contributed by atoms with E-state index < -0.39 is 5.97 Å². The number of carbonyl (C=O) groups excluding carboxylic acids is 1. The third-order valence-corrected chi connectivity index (χ3v) is 2.72. The smallest absolute Gasteiger partial charge is 0.0788 e. The molecule has 12 heavy (non-hydrogen) atoms. The van der Waals surface area contributed by atoms with Gasteiger partial charge in [-0.25, -0.2) is 0 Å². The van der Waals surface area contributed by atoms with E-state index in [9.17, 15) is 9.90 Å². The highest BCUT2D eigenvalue weighted by atomic mass is 16.4. The third-order valence-electron chi connectivity index (χ3n) is 2.72. The SMILES string of the molecule is C[N+]1(CCCC(=O)[O-])CCCC1.